The highest BCUT2D eigenvalue weighted by Gasteiger charge is 2.20. The minimum atomic E-state index is -0.348. The van der Waals surface area contributed by atoms with Crippen molar-refractivity contribution in [2.24, 2.45) is 0 Å². The van der Waals surface area contributed by atoms with E-state index in [1.165, 1.54) is 21.7 Å². The SMILES string of the molecule is CC(C)c1cc(-c2nccc3c2oc2c(F)c(-c4ccccc4)ccc23)cc2ccc3ccccc3c12. The number of benzene rings is 5. The van der Waals surface area contributed by atoms with E-state index in [9.17, 15) is 0 Å². The summed E-state index contributed by atoms with van der Waals surface area (Å²) in [7, 11) is 0. The molecule has 0 aliphatic carbocycles. The van der Waals surface area contributed by atoms with Crippen LogP contribution in [0.4, 0.5) is 4.39 Å². The second-order valence-electron chi connectivity index (χ2n) is 9.91. The van der Waals surface area contributed by atoms with Gasteiger partial charge in [-0.3, -0.25) is 4.98 Å². The van der Waals surface area contributed by atoms with E-state index in [1.54, 1.807) is 6.20 Å². The highest BCUT2D eigenvalue weighted by atomic mass is 19.1. The Morgan fingerprint density at radius 3 is 2.27 bits per heavy atom. The Morgan fingerprint density at radius 2 is 1.43 bits per heavy atom. The Bertz CT molecular complexity index is 1970. The third-order valence-corrected chi connectivity index (χ3v) is 7.35. The molecule has 0 aliphatic rings. The molecular weight excluding hydrogens is 457 g/mol. The molecule has 2 heterocycles. The van der Waals surface area contributed by atoms with Gasteiger partial charge in [-0.1, -0.05) is 86.6 Å². The second kappa shape index (κ2) is 8.28. The molecule has 0 atom stereocenters. The Balaban J connectivity index is 1.50. The van der Waals surface area contributed by atoms with Crippen LogP contribution in [0.3, 0.4) is 0 Å². The largest absolute Gasteiger partial charge is 0.451 e. The first-order chi connectivity index (χ1) is 18.1. The van der Waals surface area contributed by atoms with E-state index in [0.29, 0.717) is 17.1 Å². The number of halogens is 1. The summed E-state index contributed by atoms with van der Waals surface area (Å²) in [5.41, 5.74) is 5.19. The van der Waals surface area contributed by atoms with Crippen LogP contribution >= 0.6 is 0 Å². The zero-order valence-electron chi connectivity index (χ0n) is 20.6. The molecule has 0 saturated heterocycles. The molecule has 0 amide bonds. The summed E-state index contributed by atoms with van der Waals surface area (Å²) >= 11 is 0. The molecule has 3 heteroatoms. The van der Waals surface area contributed by atoms with Gasteiger partial charge in [0.15, 0.2) is 17.0 Å². The van der Waals surface area contributed by atoms with Crippen LogP contribution in [0.5, 0.6) is 0 Å². The fourth-order valence-corrected chi connectivity index (χ4v) is 5.55. The van der Waals surface area contributed by atoms with Crippen molar-refractivity contribution in [2.45, 2.75) is 19.8 Å². The van der Waals surface area contributed by atoms with Crippen LogP contribution in [-0.2, 0) is 0 Å². The predicted octanol–water partition coefficient (Wildman–Crippen LogP) is 9.88. The molecule has 37 heavy (non-hydrogen) atoms. The Morgan fingerprint density at radius 1 is 0.676 bits per heavy atom. The lowest BCUT2D eigenvalue weighted by atomic mass is 9.89. The van der Waals surface area contributed by atoms with E-state index < -0.39 is 0 Å². The van der Waals surface area contributed by atoms with Crippen LogP contribution in [0.15, 0.2) is 108 Å². The highest BCUT2D eigenvalue weighted by molar-refractivity contribution is 6.13. The lowest BCUT2D eigenvalue weighted by molar-refractivity contribution is 0.586. The normalized spacial score (nSPS) is 11.9. The van der Waals surface area contributed by atoms with E-state index in [-0.39, 0.29) is 11.4 Å². The number of hydrogen-bond acceptors (Lipinski definition) is 2. The molecule has 2 aromatic heterocycles. The molecular formula is C34H24FNO. The van der Waals surface area contributed by atoms with Crippen molar-refractivity contribution in [1.82, 2.24) is 4.98 Å². The molecule has 7 rings (SSSR count). The van der Waals surface area contributed by atoms with Crippen LogP contribution in [0.2, 0.25) is 0 Å². The Labute approximate surface area is 214 Å². The van der Waals surface area contributed by atoms with Crippen molar-refractivity contribution in [1.29, 1.82) is 0 Å². The molecule has 0 unspecified atom stereocenters. The summed E-state index contributed by atoms with van der Waals surface area (Å²) < 4.78 is 22.0. The molecule has 0 saturated carbocycles. The number of nitrogens with zero attached hydrogens (tertiary/aromatic N) is 1. The van der Waals surface area contributed by atoms with Gasteiger partial charge >= 0.3 is 0 Å². The average molecular weight is 482 g/mol. The van der Waals surface area contributed by atoms with Crippen molar-refractivity contribution in [3.63, 3.8) is 0 Å². The molecule has 0 bridgehead atoms. The van der Waals surface area contributed by atoms with Gasteiger partial charge < -0.3 is 4.42 Å². The van der Waals surface area contributed by atoms with Crippen LogP contribution in [-0.4, -0.2) is 4.98 Å². The number of rotatable bonds is 3. The van der Waals surface area contributed by atoms with Gasteiger partial charge in [-0.25, -0.2) is 4.39 Å². The maximum Gasteiger partial charge on any atom is 0.174 e. The Hall–Kier alpha value is -4.50. The summed E-state index contributed by atoms with van der Waals surface area (Å²) in [6, 6.07) is 32.5. The van der Waals surface area contributed by atoms with E-state index >= 15 is 4.39 Å². The molecule has 2 nitrogen and oxygen atoms in total. The summed E-state index contributed by atoms with van der Waals surface area (Å²) in [6.45, 7) is 4.44. The predicted molar refractivity (Wildman–Crippen MR) is 151 cm³/mol. The van der Waals surface area contributed by atoms with E-state index in [1.807, 2.05) is 48.5 Å². The minimum Gasteiger partial charge on any atom is -0.451 e. The average Bonchev–Trinajstić information content (AvgIpc) is 3.33. The van der Waals surface area contributed by atoms with Gasteiger partial charge in [0.2, 0.25) is 0 Å². The fourth-order valence-electron chi connectivity index (χ4n) is 5.55. The number of pyridine rings is 1. The number of furan rings is 1. The van der Waals surface area contributed by atoms with Gasteiger partial charge in [0.1, 0.15) is 5.69 Å². The van der Waals surface area contributed by atoms with Gasteiger partial charge in [0.05, 0.1) is 0 Å². The van der Waals surface area contributed by atoms with E-state index in [2.05, 4.69) is 62.4 Å². The summed E-state index contributed by atoms with van der Waals surface area (Å²) in [5, 5.41) is 6.53. The number of hydrogen-bond donors (Lipinski definition) is 0. The topological polar surface area (TPSA) is 26.0 Å². The molecule has 178 valence electrons. The number of fused-ring (bicyclic) bond motifs is 6. The van der Waals surface area contributed by atoms with E-state index in [4.69, 9.17) is 9.40 Å². The van der Waals surface area contributed by atoms with Crippen LogP contribution < -0.4 is 0 Å². The molecule has 0 radical (unpaired) electrons. The van der Waals surface area contributed by atoms with Crippen molar-refractivity contribution in [2.75, 3.05) is 0 Å². The third kappa shape index (κ3) is 3.35. The lowest BCUT2D eigenvalue weighted by Crippen LogP contribution is -1.94. The molecule has 0 spiro atoms. The summed E-state index contributed by atoms with van der Waals surface area (Å²) in [6.07, 6.45) is 1.79. The van der Waals surface area contributed by atoms with Gasteiger partial charge in [0.25, 0.3) is 0 Å². The molecule has 5 aromatic carbocycles. The first kappa shape index (κ1) is 21.8. The second-order valence-corrected chi connectivity index (χ2v) is 9.91. The third-order valence-electron chi connectivity index (χ3n) is 7.35. The maximum atomic E-state index is 15.7. The minimum absolute atomic E-state index is 0.265. The fraction of sp³-hybridized carbons (Fsp3) is 0.0882. The standard InChI is InChI=1S/C34H24FNO/c1-20(2)29-19-24(18-23-13-12-22-10-6-7-11-25(22)30(23)29)32-34-28(16-17-36-32)27-15-14-26(31(35)33(27)37-34)21-8-4-3-5-9-21/h3-20H,1-2H3. The van der Waals surface area contributed by atoms with Gasteiger partial charge in [0, 0.05) is 28.1 Å². The first-order valence-electron chi connectivity index (χ1n) is 12.6. The molecule has 0 fully saturated rings. The smallest absolute Gasteiger partial charge is 0.174 e. The zero-order chi connectivity index (χ0) is 25.1. The molecule has 0 aliphatic heterocycles. The quantitative estimate of drug-likeness (QED) is 0.235. The summed E-state index contributed by atoms with van der Waals surface area (Å²) in [5.74, 6) is -0.0345. The van der Waals surface area contributed by atoms with Crippen LogP contribution in [0.25, 0.3) is 65.9 Å². The van der Waals surface area contributed by atoms with Crippen molar-refractivity contribution in [3.8, 4) is 22.4 Å². The summed E-state index contributed by atoms with van der Waals surface area (Å²) in [4.78, 5) is 4.74. The lowest BCUT2D eigenvalue weighted by Gasteiger charge is -2.15. The monoisotopic (exact) mass is 481 g/mol. The molecule has 7 aromatic rings. The van der Waals surface area contributed by atoms with Crippen LogP contribution in [0, 0.1) is 5.82 Å². The van der Waals surface area contributed by atoms with Gasteiger partial charge in [-0.05, 0) is 62.9 Å². The van der Waals surface area contributed by atoms with Crippen molar-refractivity contribution in [3.05, 3.63) is 115 Å². The van der Waals surface area contributed by atoms with Crippen molar-refractivity contribution >= 4 is 43.5 Å². The maximum absolute atomic E-state index is 15.7. The molecule has 0 N–H and O–H groups in total. The highest BCUT2D eigenvalue weighted by Crippen LogP contribution is 2.41. The van der Waals surface area contributed by atoms with Crippen LogP contribution in [0.1, 0.15) is 25.3 Å². The van der Waals surface area contributed by atoms with Crippen molar-refractivity contribution < 1.29 is 8.81 Å². The number of aromatic nitrogens is 1. The zero-order valence-corrected chi connectivity index (χ0v) is 20.6. The Kier molecular flexibility index (Phi) is 4.87. The van der Waals surface area contributed by atoms with Gasteiger partial charge in [-0.2, -0.15) is 0 Å². The first-order valence-corrected chi connectivity index (χ1v) is 12.6. The van der Waals surface area contributed by atoms with Gasteiger partial charge in [-0.15, -0.1) is 0 Å². The van der Waals surface area contributed by atoms with E-state index in [0.717, 1.165) is 33.0 Å².